The van der Waals surface area contributed by atoms with Crippen LogP contribution in [-0.4, -0.2) is 34.1 Å². The van der Waals surface area contributed by atoms with E-state index in [2.05, 4.69) is 24.0 Å². The van der Waals surface area contributed by atoms with Gasteiger partial charge < -0.3 is 4.90 Å². The summed E-state index contributed by atoms with van der Waals surface area (Å²) < 4.78 is 0. The quantitative estimate of drug-likeness (QED) is 0.865. The van der Waals surface area contributed by atoms with Crippen LogP contribution in [-0.2, 0) is 0 Å². The minimum absolute atomic E-state index is 0.0557. The first-order valence-corrected chi connectivity index (χ1v) is 7.29. The highest BCUT2D eigenvalue weighted by Gasteiger charge is 2.27. The smallest absolute Gasteiger partial charge is 0.274 e. The second kappa shape index (κ2) is 4.93. The summed E-state index contributed by atoms with van der Waals surface area (Å²) >= 11 is 0. The number of nitrogens with zero attached hydrogens (tertiary/aromatic N) is 2. The summed E-state index contributed by atoms with van der Waals surface area (Å²) in [6.07, 6.45) is 3.31. The summed E-state index contributed by atoms with van der Waals surface area (Å²) in [4.78, 5) is 14.6. The molecule has 1 N–H and O–H groups in total. The molecular weight excluding hydrogens is 250 g/mol. The number of hydrogen-bond acceptors (Lipinski definition) is 2. The number of nitrogens with one attached hydrogen (secondary N) is 1. The second-order valence-electron chi connectivity index (χ2n) is 6.43. The van der Waals surface area contributed by atoms with Crippen molar-refractivity contribution in [3.05, 3.63) is 30.0 Å². The van der Waals surface area contributed by atoms with Crippen LogP contribution in [0.1, 0.15) is 43.6 Å². The number of likely N-dealkylation sites (tertiary alicyclic amines) is 1. The second-order valence-corrected chi connectivity index (χ2v) is 6.43. The van der Waals surface area contributed by atoms with Gasteiger partial charge in [0.15, 0.2) is 5.69 Å². The lowest BCUT2D eigenvalue weighted by Gasteiger charge is -2.23. The van der Waals surface area contributed by atoms with Crippen LogP contribution < -0.4 is 0 Å². The molecule has 2 heterocycles. The summed E-state index contributed by atoms with van der Waals surface area (Å²) in [7, 11) is 0. The lowest BCUT2D eigenvalue weighted by molar-refractivity contribution is 0.0753. The van der Waals surface area contributed by atoms with Crippen molar-refractivity contribution in [3.8, 4) is 0 Å². The van der Waals surface area contributed by atoms with E-state index in [9.17, 15) is 4.79 Å². The Kier molecular flexibility index (Phi) is 3.24. The third-order valence-electron chi connectivity index (χ3n) is 4.30. The number of para-hydroxylation sites is 1. The molecule has 0 bridgehead atoms. The molecule has 4 nitrogen and oxygen atoms in total. The molecule has 1 aromatic heterocycles. The fourth-order valence-electron chi connectivity index (χ4n) is 2.90. The Bertz CT molecular complexity index is 629. The molecular formula is C16H21N3O. The van der Waals surface area contributed by atoms with Crippen molar-refractivity contribution in [2.75, 3.05) is 13.1 Å². The molecule has 1 aliphatic heterocycles. The molecule has 4 heteroatoms. The van der Waals surface area contributed by atoms with E-state index in [4.69, 9.17) is 0 Å². The largest absolute Gasteiger partial charge is 0.337 e. The average Bonchev–Trinajstić information content (AvgIpc) is 2.77. The first-order chi connectivity index (χ1) is 9.57. The number of H-pyrrole nitrogens is 1. The van der Waals surface area contributed by atoms with Crippen LogP contribution in [0.3, 0.4) is 0 Å². The van der Waals surface area contributed by atoms with E-state index in [0.717, 1.165) is 36.8 Å². The summed E-state index contributed by atoms with van der Waals surface area (Å²) in [6, 6.07) is 7.79. The number of carbonyl (C=O) groups is 1. The predicted octanol–water partition coefficient (Wildman–Crippen LogP) is 3.22. The highest BCUT2D eigenvalue weighted by atomic mass is 16.2. The molecule has 0 saturated carbocycles. The molecule has 106 valence electrons. The van der Waals surface area contributed by atoms with Crippen LogP contribution in [0.4, 0.5) is 0 Å². The van der Waals surface area contributed by atoms with Gasteiger partial charge in [0.05, 0.1) is 5.52 Å². The van der Waals surface area contributed by atoms with Crippen molar-refractivity contribution in [2.24, 2.45) is 5.41 Å². The molecule has 2 aromatic rings. The van der Waals surface area contributed by atoms with Gasteiger partial charge in [0, 0.05) is 18.5 Å². The number of amides is 1. The van der Waals surface area contributed by atoms with Gasteiger partial charge in [-0.15, -0.1) is 0 Å². The summed E-state index contributed by atoms with van der Waals surface area (Å²) in [6.45, 7) is 6.23. The number of aromatic amines is 1. The van der Waals surface area contributed by atoms with E-state index in [1.165, 1.54) is 6.42 Å². The zero-order chi connectivity index (χ0) is 14.2. The van der Waals surface area contributed by atoms with Gasteiger partial charge in [-0.3, -0.25) is 9.89 Å². The number of hydrogen-bond donors (Lipinski definition) is 1. The normalized spacial score (nSPS) is 19.0. The molecule has 0 atom stereocenters. The molecule has 0 radical (unpaired) electrons. The highest BCUT2D eigenvalue weighted by molar-refractivity contribution is 6.04. The molecule has 3 rings (SSSR count). The zero-order valence-corrected chi connectivity index (χ0v) is 12.1. The maximum absolute atomic E-state index is 12.7. The summed E-state index contributed by atoms with van der Waals surface area (Å²) in [5.74, 6) is 0.0557. The minimum atomic E-state index is 0.0557. The van der Waals surface area contributed by atoms with Crippen LogP contribution >= 0.6 is 0 Å². The van der Waals surface area contributed by atoms with Gasteiger partial charge in [-0.25, -0.2) is 0 Å². The summed E-state index contributed by atoms with van der Waals surface area (Å²) in [5.41, 5.74) is 1.81. The van der Waals surface area contributed by atoms with Crippen molar-refractivity contribution in [3.63, 3.8) is 0 Å². The lowest BCUT2D eigenvalue weighted by Crippen LogP contribution is -2.32. The van der Waals surface area contributed by atoms with Crippen molar-refractivity contribution in [1.29, 1.82) is 0 Å². The Hall–Kier alpha value is -1.84. The van der Waals surface area contributed by atoms with Crippen molar-refractivity contribution in [2.45, 2.75) is 33.1 Å². The monoisotopic (exact) mass is 271 g/mol. The first kappa shape index (κ1) is 13.2. The fraction of sp³-hybridized carbons (Fsp3) is 0.500. The van der Waals surface area contributed by atoms with Crippen molar-refractivity contribution >= 4 is 16.8 Å². The maximum Gasteiger partial charge on any atom is 0.274 e. The average molecular weight is 271 g/mol. The molecule has 1 amide bonds. The van der Waals surface area contributed by atoms with E-state index < -0.39 is 0 Å². The maximum atomic E-state index is 12.7. The summed E-state index contributed by atoms with van der Waals surface area (Å²) in [5, 5.41) is 8.08. The van der Waals surface area contributed by atoms with Crippen LogP contribution in [0.5, 0.6) is 0 Å². The molecule has 20 heavy (non-hydrogen) atoms. The van der Waals surface area contributed by atoms with Crippen LogP contribution in [0.2, 0.25) is 0 Å². The van der Waals surface area contributed by atoms with E-state index in [-0.39, 0.29) is 5.91 Å². The third-order valence-corrected chi connectivity index (χ3v) is 4.30. The Morgan fingerprint density at radius 3 is 2.90 bits per heavy atom. The number of benzene rings is 1. The SMILES string of the molecule is CC1(C)CCCN(C(=O)c2n[nH]c3ccccc23)CC1. The highest BCUT2D eigenvalue weighted by Crippen LogP contribution is 2.30. The molecule has 1 fully saturated rings. The molecule has 0 spiro atoms. The van der Waals surface area contributed by atoms with Gasteiger partial charge in [0.25, 0.3) is 5.91 Å². The molecule has 1 aromatic carbocycles. The zero-order valence-electron chi connectivity index (χ0n) is 12.1. The van der Waals surface area contributed by atoms with E-state index in [0.29, 0.717) is 11.1 Å². The Labute approximate surface area is 119 Å². The van der Waals surface area contributed by atoms with Crippen LogP contribution in [0.25, 0.3) is 10.9 Å². The van der Waals surface area contributed by atoms with E-state index in [1.54, 1.807) is 0 Å². The van der Waals surface area contributed by atoms with Crippen molar-refractivity contribution in [1.82, 2.24) is 15.1 Å². The lowest BCUT2D eigenvalue weighted by atomic mass is 9.85. The predicted molar refractivity (Wildman–Crippen MR) is 79.6 cm³/mol. The van der Waals surface area contributed by atoms with Crippen molar-refractivity contribution < 1.29 is 4.79 Å². The topological polar surface area (TPSA) is 49.0 Å². The number of aromatic nitrogens is 2. The van der Waals surface area contributed by atoms with Crippen LogP contribution in [0.15, 0.2) is 24.3 Å². The fourth-order valence-corrected chi connectivity index (χ4v) is 2.90. The molecule has 0 aliphatic carbocycles. The minimum Gasteiger partial charge on any atom is -0.337 e. The van der Waals surface area contributed by atoms with E-state index in [1.807, 2.05) is 29.2 Å². The third kappa shape index (κ3) is 2.42. The van der Waals surface area contributed by atoms with Gasteiger partial charge in [-0.2, -0.15) is 5.10 Å². The Balaban J connectivity index is 1.85. The Morgan fingerprint density at radius 2 is 2.05 bits per heavy atom. The van der Waals surface area contributed by atoms with Gasteiger partial charge in [0.1, 0.15) is 0 Å². The van der Waals surface area contributed by atoms with Gasteiger partial charge in [-0.05, 0) is 30.7 Å². The molecule has 0 unspecified atom stereocenters. The van der Waals surface area contributed by atoms with Gasteiger partial charge >= 0.3 is 0 Å². The molecule has 1 aliphatic rings. The number of rotatable bonds is 1. The van der Waals surface area contributed by atoms with Gasteiger partial charge in [0.2, 0.25) is 0 Å². The van der Waals surface area contributed by atoms with E-state index >= 15 is 0 Å². The number of fused-ring (bicyclic) bond motifs is 1. The van der Waals surface area contributed by atoms with Crippen LogP contribution in [0, 0.1) is 5.41 Å². The number of carbonyl (C=O) groups excluding carboxylic acids is 1. The Morgan fingerprint density at radius 1 is 1.25 bits per heavy atom. The van der Waals surface area contributed by atoms with Gasteiger partial charge in [-0.1, -0.05) is 32.0 Å². The first-order valence-electron chi connectivity index (χ1n) is 7.29. The standard InChI is InChI=1S/C16H21N3O/c1-16(2)8-5-10-19(11-9-16)15(20)14-12-6-3-4-7-13(12)17-18-14/h3-4,6-7H,5,8-11H2,1-2H3,(H,17,18). The molecule has 1 saturated heterocycles.